The Morgan fingerprint density at radius 2 is 0.596 bits per heavy atom. The molecule has 232 valence electrons. The quantitative estimate of drug-likeness (QED) is 0.136. The van der Waals surface area contributed by atoms with Gasteiger partial charge in [-0.2, -0.15) is 0 Å². The fourth-order valence-electron chi connectivity index (χ4n) is 6.67. The van der Waals surface area contributed by atoms with Gasteiger partial charge in [-0.3, -0.25) is 0 Å². The summed E-state index contributed by atoms with van der Waals surface area (Å²) in [6.07, 6.45) is 0. The Morgan fingerprint density at radius 1 is 0.298 bits per heavy atom. The van der Waals surface area contributed by atoms with E-state index in [1.165, 1.54) is 71.9 Å². The molecule has 2 nitrogen and oxygen atoms in total. The second-order valence-electron chi connectivity index (χ2n) is 13.1. The van der Waals surface area contributed by atoms with E-state index in [-0.39, 0.29) is 0 Å². The molecule has 47 heavy (non-hydrogen) atoms. The van der Waals surface area contributed by atoms with Crippen molar-refractivity contribution in [2.24, 2.45) is 0 Å². The van der Waals surface area contributed by atoms with E-state index in [0.29, 0.717) is 0 Å². The summed E-state index contributed by atoms with van der Waals surface area (Å²) in [6, 6.07) is 47.3. The molecule has 0 aromatic heterocycles. The van der Waals surface area contributed by atoms with E-state index in [9.17, 15) is 0 Å². The Bertz CT molecular complexity index is 2170. The van der Waals surface area contributed by atoms with Crippen LogP contribution >= 0.6 is 0 Å². The van der Waals surface area contributed by atoms with Crippen LogP contribution in [0.5, 0.6) is 0 Å². The minimum Gasteiger partial charge on any atom is -0.309 e. The molecule has 0 aliphatic heterocycles. The van der Waals surface area contributed by atoms with Crippen LogP contribution in [-0.4, -0.2) is 0 Å². The van der Waals surface area contributed by atoms with Crippen LogP contribution in [0.15, 0.2) is 127 Å². The Morgan fingerprint density at radius 3 is 0.915 bits per heavy atom. The van der Waals surface area contributed by atoms with Gasteiger partial charge in [0.1, 0.15) is 0 Å². The van der Waals surface area contributed by atoms with E-state index in [2.05, 4.69) is 186 Å². The third-order valence-electron chi connectivity index (χ3n) is 9.86. The Labute approximate surface area is 279 Å². The Balaban J connectivity index is 1.62. The van der Waals surface area contributed by atoms with Crippen LogP contribution in [0.2, 0.25) is 0 Å². The first kappa shape index (κ1) is 30.3. The number of fused-ring (bicyclic) bond motifs is 2. The molecule has 0 aliphatic carbocycles. The summed E-state index contributed by atoms with van der Waals surface area (Å²) in [4.78, 5) is 4.93. The second-order valence-corrected chi connectivity index (χ2v) is 13.1. The zero-order valence-corrected chi connectivity index (χ0v) is 28.5. The molecule has 7 aromatic rings. The van der Waals surface area contributed by atoms with Gasteiger partial charge in [-0.25, -0.2) is 0 Å². The fraction of sp³-hybridized carbons (Fsp3) is 0.156. The van der Waals surface area contributed by atoms with Crippen molar-refractivity contribution in [2.45, 2.75) is 48.5 Å². The highest BCUT2D eigenvalue weighted by molar-refractivity contribution is 6.23. The zero-order valence-electron chi connectivity index (χ0n) is 28.5. The molecule has 0 amide bonds. The van der Waals surface area contributed by atoms with Crippen molar-refractivity contribution in [3.63, 3.8) is 0 Å². The maximum Gasteiger partial charge on any atom is 0.0619 e. The first-order chi connectivity index (χ1) is 22.7. The van der Waals surface area contributed by atoms with Gasteiger partial charge in [-0.15, -0.1) is 0 Å². The largest absolute Gasteiger partial charge is 0.309 e. The molecule has 0 atom stereocenters. The van der Waals surface area contributed by atoms with Crippen LogP contribution < -0.4 is 9.80 Å². The smallest absolute Gasteiger partial charge is 0.0619 e. The van der Waals surface area contributed by atoms with E-state index in [1.54, 1.807) is 0 Å². The number of hydrogen-bond acceptors (Lipinski definition) is 2. The number of benzene rings is 7. The molecular weight excluding hydrogens is 569 g/mol. The molecule has 0 unspecified atom stereocenters. The third-order valence-corrected chi connectivity index (χ3v) is 9.86. The lowest BCUT2D eigenvalue weighted by molar-refractivity contribution is 1.24. The maximum absolute atomic E-state index is 2.47. The summed E-state index contributed by atoms with van der Waals surface area (Å²) in [5.41, 5.74) is 15.9. The van der Waals surface area contributed by atoms with Gasteiger partial charge in [0.2, 0.25) is 0 Å². The van der Waals surface area contributed by atoms with E-state index in [0.717, 1.165) is 22.7 Å². The van der Waals surface area contributed by atoms with Crippen molar-refractivity contribution in [2.75, 3.05) is 9.80 Å². The van der Waals surface area contributed by atoms with Crippen molar-refractivity contribution in [1.82, 2.24) is 0 Å². The summed E-state index contributed by atoms with van der Waals surface area (Å²) >= 11 is 0. The molecule has 0 aliphatic rings. The standard InChI is InChI=1S/C45H42N2/c1-29-16-21-36(22-17-29)46(37-23-18-30(2)33(5)26-37)44-40-12-8-10-14-42(40)45(43-15-11-9-13-41(43)44)47(38-24-19-31(3)34(6)27-38)39-25-20-32(4)35(7)28-39/h8-28H,1-7H3. The van der Waals surface area contributed by atoms with E-state index < -0.39 is 0 Å². The highest BCUT2D eigenvalue weighted by Crippen LogP contribution is 2.51. The van der Waals surface area contributed by atoms with E-state index >= 15 is 0 Å². The lowest BCUT2D eigenvalue weighted by Crippen LogP contribution is -2.15. The Kier molecular flexibility index (Phi) is 7.82. The SMILES string of the molecule is Cc1ccc(N(c2ccc(C)c(C)c2)c2c3ccccc3c(N(c3ccc(C)c(C)c3)c3ccc(C)c(C)c3)c3ccccc23)cc1. The molecule has 0 heterocycles. The van der Waals surface area contributed by atoms with Gasteiger partial charge in [0.05, 0.1) is 11.4 Å². The summed E-state index contributed by atoms with van der Waals surface area (Å²) in [6.45, 7) is 15.3. The minimum atomic E-state index is 1.14. The van der Waals surface area contributed by atoms with Crippen molar-refractivity contribution in [1.29, 1.82) is 0 Å². The zero-order chi connectivity index (χ0) is 32.8. The van der Waals surface area contributed by atoms with Crippen molar-refractivity contribution < 1.29 is 0 Å². The predicted octanol–water partition coefficient (Wildman–Crippen LogP) is 13.1. The summed E-state index contributed by atoms with van der Waals surface area (Å²) in [5, 5.41) is 4.83. The maximum atomic E-state index is 2.47. The summed E-state index contributed by atoms with van der Waals surface area (Å²) in [5.74, 6) is 0. The molecular formula is C45H42N2. The molecule has 0 N–H and O–H groups in total. The molecule has 0 bridgehead atoms. The molecule has 7 aromatic carbocycles. The van der Waals surface area contributed by atoms with Crippen molar-refractivity contribution in [3.05, 3.63) is 166 Å². The van der Waals surface area contributed by atoms with Gasteiger partial charge in [-0.1, -0.05) is 84.4 Å². The predicted molar refractivity (Wildman–Crippen MR) is 204 cm³/mol. The van der Waals surface area contributed by atoms with Crippen LogP contribution in [0.3, 0.4) is 0 Å². The average Bonchev–Trinajstić information content (AvgIpc) is 3.07. The summed E-state index contributed by atoms with van der Waals surface area (Å²) < 4.78 is 0. The third kappa shape index (κ3) is 5.44. The second kappa shape index (κ2) is 12.1. The summed E-state index contributed by atoms with van der Waals surface area (Å²) in [7, 11) is 0. The molecule has 0 saturated heterocycles. The van der Waals surface area contributed by atoms with Crippen molar-refractivity contribution in [3.8, 4) is 0 Å². The van der Waals surface area contributed by atoms with Gasteiger partial charge >= 0.3 is 0 Å². The fourth-order valence-corrected chi connectivity index (χ4v) is 6.67. The minimum absolute atomic E-state index is 1.14. The van der Waals surface area contributed by atoms with Gasteiger partial charge < -0.3 is 9.80 Å². The molecule has 0 saturated carbocycles. The molecule has 2 heteroatoms. The number of anilines is 6. The monoisotopic (exact) mass is 610 g/mol. The molecule has 0 radical (unpaired) electrons. The lowest BCUT2D eigenvalue weighted by Gasteiger charge is -2.33. The van der Waals surface area contributed by atoms with Gasteiger partial charge in [-0.05, 0) is 130 Å². The Hall–Kier alpha value is -5.34. The van der Waals surface area contributed by atoms with Crippen LogP contribution in [0, 0.1) is 48.5 Å². The van der Waals surface area contributed by atoms with Crippen molar-refractivity contribution >= 4 is 55.7 Å². The lowest BCUT2D eigenvalue weighted by atomic mass is 9.94. The highest BCUT2D eigenvalue weighted by Gasteiger charge is 2.25. The van der Waals surface area contributed by atoms with Gasteiger partial charge in [0.25, 0.3) is 0 Å². The van der Waals surface area contributed by atoms with Crippen LogP contribution in [0.1, 0.15) is 38.9 Å². The first-order valence-corrected chi connectivity index (χ1v) is 16.5. The van der Waals surface area contributed by atoms with Gasteiger partial charge in [0.15, 0.2) is 0 Å². The average molecular weight is 611 g/mol. The van der Waals surface area contributed by atoms with Gasteiger partial charge in [0, 0.05) is 44.3 Å². The number of aryl methyl sites for hydroxylation is 7. The van der Waals surface area contributed by atoms with Crippen LogP contribution in [0.25, 0.3) is 21.5 Å². The number of nitrogens with zero attached hydrogens (tertiary/aromatic N) is 2. The number of rotatable bonds is 6. The highest BCUT2D eigenvalue weighted by atomic mass is 15.2. The number of hydrogen-bond donors (Lipinski definition) is 0. The van der Waals surface area contributed by atoms with Crippen LogP contribution in [-0.2, 0) is 0 Å². The topological polar surface area (TPSA) is 6.48 Å². The van der Waals surface area contributed by atoms with E-state index in [4.69, 9.17) is 0 Å². The van der Waals surface area contributed by atoms with Crippen LogP contribution in [0.4, 0.5) is 34.1 Å². The molecule has 7 rings (SSSR count). The first-order valence-electron chi connectivity index (χ1n) is 16.5. The molecule has 0 spiro atoms. The van der Waals surface area contributed by atoms with E-state index in [1.807, 2.05) is 0 Å². The normalized spacial score (nSPS) is 11.3. The molecule has 0 fully saturated rings.